The zero-order valence-corrected chi connectivity index (χ0v) is 19.7. The summed E-state index contributed by atoms with van der Waals surface area (Å²) in [4.78, 5) is 5.33. The van der Waals surface area contributed by atoms with E-state index < -0.39 is 36.4 Å². The van der Waals surface area contributed by atoms with Gasteiger partial charge in [-0.3, -0.25) is 4.98 Å². The molecule has 5 rings (SSSR count). The fraction of sp³-hybridized carbons (Fsp3) is 0.333. The zero-order chi connectivity index (χ0) is 26.1. The van der Waals surface area contributed by atoms with E-state index in [1.807, 2.05) is 6.19 Å². The number of alkyl halides is 1. The molecule has 3 aromatic rings. The van der Waals surface area contributed by atoms with Crippen molar-refractivity contribution in [3.63, 3.8) is 0 Å². The van der Waals surface area contributed by atoms with Crippen LogP contribution in [0.15, 0.2) is 52.8 Å². The number of hydrogen-bond acceptors (Lipinski definition) is 8. The molecule has 13 heteroatoms. The molecular weight excluding hydrogens is 489 g/mol. The number of fused-ring (bicyclic) bond motifs is 1. The maximum absolute atomic E-state index is 14.6. The van der Waals surface area contributed by atoms with Crippen LogP contribution in [0.25, 0.3) is 11.2 Å². The van der Waals surface area contributed by atoms with Crippen LogP contribution in [0.2, 0.25) is 0 Å². The summed E-state index contributed by atoms with van der Waals surface area (Å²) in [6.45, 7) is 1.74. The molecule has 0 spiro atoms. The molecule has 1 fully saturated rings. The highest BCUT2D eigenvalue weighted by Gasteiger charge is 2.33. The minimum Gasteiger partial charge on any atom is -0.479 e. The molecule has 1 unspecified atom stereocenters. The van der Waals surface area contributed by atoms with Crippen molar-refractivity contribution in [2.75, 3.05) is 19.7 Å². The lowest BCUT2D eigenvalue weighted by molar-refractivity contribution is -0.480. The van der Waals surface area contributed by atoms with E-state index in [1.165, 1.54) is 32.3 Å². The summed E-state index contributed by atoms with van der Waals surface area (Å²) in [5.41, 5.74) is 1.82. The van der Waals surface area contributed by atoms with Gasteiger partial charge >= 0.3 is 0 Å². The predicted molar refractivity (Wildman–Crippen MR) is 124 cm³/mol. The maximum Gasteiger partial charge on any atom is 0.256 e. The summed E-state index contributed by atoms with van der Waals surface area (Å²) < 4.78 is 51.2. The first kappa shape index (κ1) is 24.4. The van der Waals surface area contributed by atoms with Crippen molar-refractivity contribution in [3.8, 4) is 11.9 Å². The Morgan fingerprint density at radius 2 is 2.19 bits per heavy atom. The third kappa shape index (κ3) is 4.75. The number of aliphatic hydroxyl groups is 1. The fourth-order valence-corrected chi connectivity index (χ4v) is 4.30. The SMILES string of the molecule is CC1=C(c2cc(O[C@H](CO)c3ccc(F)cn3)c3c(F)cnn3c2)N=N/[N+]1=C/C1CCN(C#N)C[C@H]1F. The van der Waals surface area contributed by atoms with Gasteiger partial charge in [-0.25, -0.2) is 17.7 Å². The molecule has 0 amide bonds. The number of pyridine rings is 2. The van der Waals surface area contributed by atoms with Crippen molar-refractivity contribution in [1.82, 2.24) is 19.5 Å². The number of allylic oxidation sites excluding steroid dienone is 1. The number of aromatic nitrogens is 3. The van der Waals surface area contributed by atoms with Crippen LogP contribution in [0, 0.1) is 29.0 Å². The highest BCUT2D eigenvalue weighted by atomic mass is 19.1. The molecule has 0 aliphatic carbocycles. The van der Waals surface area contributed by atoms with Crippen molar-refractivity contribution in [3.05, 3.63) is 65.4 Å². The van der Waals surface area contributed by atoms with E-state index in [-0.39, 0.29) is 23.5 Å². The van der Waals surface area contributed by atoms with E-state index in [2.05, 4.69) is 20.4 Å². The Balaban J connectivity index is 1.48. The Kier molecular flexibility index (Phi) is 6.58. The molecule has 190 valence electrons. The largest absolute Gasteiger partial charge is 0.479 e. The Labute approximate surface area is 209 Å². The fourth-order valence-electron chi connectivity index (χ4n) is 4.30. The second kappa shape index (κ2) is 9.98. The first-order valence-electron chi connectivity index (χ1n) is 11.5. The molecule has 2 aliphatic rings. The summed E-state index contributed by atoms with van der Waals surface area (Å²) in [5, 5.41) is 31.3. The number of aliphatic hydroxyl groups excluding tert-OH is 1. The smallest absolute Gasteiger partial charge is 0.256 e. The Hall–Kier alpha value is -4.31. The first-order valence-corrected chi connectivity index (χ1v) is 11.5. The minimum atomic E-state index is -1.22. The quantitative estimate of drug-likeness (QED) is 0.401. The van der Waals surface area contributed by atoms with Gasteiger partial charge < -0.3 is 14.7 Å². The summed E-state index contributed by atoms with van der Waals surface area (Å²) in [6.07, 6.45) is 5.44. The molecule has 0 bridgehead atoms. The van der Waals surface area contributed by atoms with E-state index in [1.54, 1.807) is 19.3 Å². The third-order valence-corrected chi connectivity index (χ3v) is 6.31. The van der Waals surface area contributed by atoms with Crippen molar-refractivity contribution in [2.45, 2.75) is 25.6 Å². The molecule has 10 nitrogen and oxygen atoms in total. The Morgan fingerprint density at radius 3 is 2.89 bits per heavy atom. The summed E-state index contributed by atoms with van der Waals surface area (Å²) in [7, 11) is 0. The van der Waals surface area contributed by atoms with Crippen LogP contribution >= 0.6 is 0 Å². The monoisotopic (exact) mass is 511 g/mol. The van der Waals surface area contributed by atoms with Gasteiger partial charge in [0.25, 0.3) is 5.70 Å². The van der Waals surface area contributed by atoms with Crippen molar-refractivity contribution < 1.29 is 27.7 Å². The number of halogens is 3. The van der Waals surface area contributed by atoms with E-state index in [4.69, 9.17) is 10.00 Å². The summed E-state index contributed by atoms with van der Waals surface area (Å²) >= 11 is 0. The molecule has 0 saturated carbocycles. The lowest BCUT2D eigenvalue weighted by Crippen LogP contribution is -2.40. The molecule has 37 heavy (non-hydrogen) atoms. The third-order valence-electron chi connectivity index (χ3n) is 6.31. The average Bonchev–Trinajstić information content (AvgIpc) is 3.46. The lowest BCUT2D eigenvalue weighted by atomic mass is 9.96. The van der Waals surface area contributed by atoms with Gasteiger partial charge in [-0.1, -0.05) is 0 Å². The van der Waals surface area contributed by atoms with Crippen LogP contribution in [0.4, 0.5) is 13.2 Å². The van der Waals surface area contributed by atoms with Crippen LogP contribution in [-0.4, -0.2) is 61.4 Å². The number of likely N-dealkylation sites (tertiary alicyclic amines) is 1. The van der Waals surface area contributed by atoms with E-state index in [0.29, 0.717) is 29.9 Å². The first-order chi connectivity index (χ1) is 17.9. The van der Waals surface area contributed by atoms with Gasteiger partial charge in [0.05, 0.1) is 47.8 Å². The second-order valence-electron chi connectivity index (χ2n) is 8.70. The number of ether oxygens (including phenoxy) is 1. The molecular formula is C24H22F3N8O2+. The second-order valence-corrected chi connectivity index (χ2v) is 8.70. The number of piperidine rings is 1. The standard InChI is InChI=1S/C24H22F3N8O2/c1-14-23(31-32-34(14)9-15-4-5-33(13-28)11-19(15)27)16-6-21(24-18(26)8-30-35(24)10-16)37-22(12-36)20-3-2-17(25)7-29-20/h2-3,6-10,15,19,22,36H,4-5,11-12H2,1H3/q+1/b34-9+/t15?,19-,22-/m1/s1. The van der Waals surface area contributed by atoms with Crippen molar-refractivity contribution >= 4 is 17.4 Å². The number of nitrogens with zero attached hydrogens (tertiary/aromatic N) is 8. The molecule has 1 N–H and O–H groups in total. The Morgan fingerprint density at radius 1 is 1.35 bits per heavy atom. The molecule has 5 heterocycles. The molecule has 3 aromatic heterocycles. The van der Waals surface area contributed by atoms with Crippen LogP contribution in [0.5, 0.6) is 5.75 Å². The van der Waals surface area contributed by atoms with E-state index in [9.17, 15) is 18.3 Å². The zero-order valence-electron chi connectivity index (χ0n) is 19.7. The molecule has 1 saturated heterocycles. The number of hydrogen-bond donors (Lipinski definition) is 1. The van der Waals surface area contributed by atoms with Gasteiger partial charge in [0, 0.05) is 19.7 Å². The normalized spacial score (nSPS) is 21.6. The molecule has 3 atom stereocenters. The van der Waals surface area contributed by atoms with Gasteiger partial charge in [0.15, 0.2) is 23.8 Å². The van der Waals surface area contributed by atoms with Crippen LogP contribution in [0.3, 0.4) is 0 Å². The van der Waals surface area contributed by atoms with Gasteiger partial charge in [-0.2, -0.15) is 10.4 Å². The number of rotatable bonds is 6. The average molecular weight is 511 g/mol. The Bertz CT molecular complexity index is 1460. The van der Waals surface area contributed by atoms with Gasteiger partial charge in [0.1, 0.15) is 34.7 Å². The van der Waals surface area contributed by atoms with Crippen LogP contribution < -0.4 is 4.74 Å². The molecule has 0 aromatic carbocycles. The maximum atomic E-state index is 14.6. The minimum absolute atomic E-state index is 0.0232. The predicted octanol–water partition coefficient (Wildman–Crippen LogP) is 3.41. The topological polar surface area (TPSA) is 114 Å². The van der Waals surface area contributed by atoms with Crippen LogP contribution in [0.1, 0.15) is 30.7 Å². The van der Waals surface area contributed by atoms with Crippen molar-refractivity contribution in [1.29, 1.82) is 5.26 Å². The highest BCUT2D eigenvalue weighted by molar-refractivity contribution is 5.72. The number of nitriles is 1. The van der Waals surface area contributed by atoms with Crippen molar-refractivity contribution in [2.24, 2.45) is 16.3 Å². The van der Waals surface area contributed by atoms with Crippen LogP contribution in [-0.2, 0) is 0 Å². The van der Waals surface area contributed by atoms with Gasteiger partial charge in [-0.15, -0.1) is 4.68 Å². The van der Waals surface area contributed by atoms with E-state index in [0.717, 1.165) is 12.4 Å². The molecule has 0 radical (unpaired) electrons. The van der Waals surface area contributed by atoms with E-state index >= 15 is 0 Å². The van der Waals surface area contributed by atoms with Gasteiger partial charge in [0.2, 0.25) is 0 Å². The molecule has 2 aliphatic heterocycles. The summed E-state index contributed by atoms with van der Waals surface area (Å²) in [6, 6.07) is 4.09. The lowest BCUT2D eigenvalue weighted by Gasteiger charge is -2.28. The summed E-state index contributed by atoms with van der Waals surface area (Å²) in [5.74, 6) is -1.57. The van der Waals surface area contributed by atoms with Gasteiger partial charge in [-0.05, 0) is 24.6 Å². The highest BCUT2D eigenvalue weighted by Crippen LogP contribution is 2.34.